The molecule has 0 unspecified atom stereocenters. The molecule has 0 amide bonds. The maximum absolute atomic E-state index is 9.98. The minimum absolute atomic E-state index is 0.0897. The molecule has 0 fully saturated rings. The predicted octanol–water partition coefficient (Wildman–Crippen LogP) is 5.44. The summed E-state index contributed by atoms with van der Waals surface area (Å²) < 4.78 is 16.7. The van der Waals surface area contributed by atoms with E-state index in [1.54, 1.807) is 42.5 Å². The number of phenols is 1. The summed E-state index contributed by atoms with van der Waals surface area (Å²) >= 11 is 0. The van der Waals surface area contributed by atoms with E-state index in [2.05, 4.69) is 11.1 Å². The van der Waals surface area contributed by atoms with Crippen LogP contribution in [0.4, 0.5) is 5.88 Å². The average molecular weight is 358 g/mol. The molecule has 6 nitrogen and oxygen atoms in total. The molecule has 3 heterocycles. The van der Waals surface area contributed by atoms with E-state index in [0.29, 0.717) is 28.4 Å². The van der Waals surface area contributed by atoms with Crippen LogP contribution in [0.15, 0.2) is 73.2 Å². The lowest BCUT2D eigenvalue weighted by Crippen LogP contribution is -1.84. The highest BCUT2D eigenvalue weighted by molar-refractivity contribution is 5.89. The number of nitriles is 1. The summed E-state index contributed by atoms with van der Waals surface area (Å²) in [5, 5.41) is 19.7. The number of hydrogen-bond donors (Lipinski definition) is 1. The quantitative estimate of drug-likeness (QED) is 0.490. The Labute approximate surface area is 154 Å². The molecule has 0 saturated carbocycles. The largest absolute Gasteiger partial charge is 0.507 e. The molecule has 1 N–H and O–H groups in total. The number of aromatic hydroxyl groups is 1. The van der Waals surface area contributed by atoms with Crippen molar-refractivity contribution in [1.29, 1.82) is 5.26 Å². The zero-order chi connectivity index (χ0) is 18.8. The molecular formula is C21H14N2O4. The van der Waals surface area contributed by atoms with Crippen molar-refractivity contribution in [3.05, 3.63) is 71.7 Å². The lowest BCUT2D eigenvalue weighted by Gasteiger charge is -1.99. The van der Waals surface area contributed by atoms with Crippen LogP contribution >= 0.6 is 0 Å². The summed E-state index contributed by atoms with van der Waals surface area (Å²) in [7, 11) is 0. The normalized spacial score (nSPS) is 11.1. The van der Waals surface area contributed by atoms with Crippen molar-refractivity contribution in [2.75, 3.05) is 0 Å². The number of nitrogens with zero attached hydrogens (tertiary/aromatic N) is 2. The van der Waals surface area contributed by atoms with Gasteiger partial charge in [0.2, 0.25) is 5.88 Å². The number of aliphatic imine (C=N–C) groups is 1. The van der Waals surface area contributed by atoms with E-state index in [0.717, 1.165) is 5.56 Å². The molecule has 0 aliphatic rings. The van der Waals surface area contributed by atoms with Crippen molar-refractivity contribution in [2.45, 2.75) is 6.92 Å². The van der Waals surface area contributed by atoms with Crippen LogP contribution in [0.2, 0.25) is 0 Å². The Hall–Kier alpha value is -3.98. The van der Waals surface area contributed by atoms with Gasteiger partial charge in [0, 0.05) is 11.8 Å². The van der Waals surface area contributed by atoms with Crippen LogP contribution in [0, 0.1) is 18.3 Å². The van der Waals surface area contributed by atoms with Crippen molar-refractivity contribution in [2.24, 2.45) is 4.99 Å². The molecule has 4 rings (SSSR count). The Morgan fingerprint density at radius 3 is 2.48 bits per heavy atom. The molecule has 0 aliphatic heterocycles. The van der Waals surface area contributed by atoms with Gasteiger partial charge in [0.25, 0.3) is 0 Å². The van der Waals surface area contributed by atoms with E-state index in [-0.39, 0.29) is 17.2 Å². The molecule has 0 atom stereocenters. The number of furan rings is 3. The number of hydrogen-bond acceptors (Lipinski definition) is 6. The SMILES string of the molecule is Cc1ccc(O)c(C=Nc2oc(-c3ccco3)c(-c3ccco3)c2C#N)c1. The van der Waals surface area contributed by atoms with E-state index >= 15 is 0 Å². The topological polar surface area (TPSA) is 95.8 Å². The Morgan fingerprint density at radius 2 is 1.81 bits per heavy atom. The van der Waals surface area contributed by atoms with Gasteiger partial charge in [0.15, 0.2) is 11.5 Å². The smallest absolute Gasteiger partial charge is 0.238 e. The highest BCUT2D eigenvalue weighted by Gasteiger charge is 2.26. The summed E-state index contributed by atoms with van der Waals surface area (Å²) in [6.07, 6.45) is 4.49. The van der Waals surface area contributed by atoms with Gasteiger partial charge in [-0.15, -0.1) is 0 Å². The first-order valence-electron chi connectivity index (χ1n) is 8.15. The molecular weight excluding hydrogens is 344 g/mol. The second kappa shape index (κ2) is 6.73. The van der Waals surface area contributed by atoms with Gasteiger partial charge in [-0.2, -0.15) is 5.26 Å². The first-order valence-corrected chi connectivity index (χ1v) is 8.15. The summed E-state index contributed by atoms with van der Waals surface area (Å²) in [6, 6.07) is 14.2. The van der Waals surface area contributed by atoms with E-state index in [4.69, 9.17) is 13.3 Å². The first-order chi connectivity index (χ1) is 13.2. The minimum atomic E-state index is 0.0897. The third-order valence-corrected chi connectivity index (χ3v) is 4.02. The fourth-order valence-corrected chi connectivity index (χ4v) is 2.76. The van der Waals surface area contributed by atoms with Gasteiger partial charge in [-0.1, -0.05) is 11.6 Å². The second-order valence-electron chi connectivity index (χ2n) is 5.87. The monoisotopic (exact) mass is 358 g/mol. The third kappa shape index (κ3) is 3.02. The van der Waals surface area contributed by atoms with Gasteiger partial charge < -0.3 is 18.4 Å². The zero-order valence-corrected chi connectivity index (χ0v) is 14.3. The zero-order valence-electron chi connectivity index (χ0n) is 14.3. The Morgan fingerprint density at radius 1 is 1.07 bits per heavy atom. The van der Waals surface area contributed by atoms with Crippen molar-refractivity contribution < 1.29 is 18.4 Å². The lowest BCUT2D eigenvalue weighted by atomic mass is 10.1. The third-order valence-electron chi connectivity index (χ3n) is 4.02. The fraction of sp³-hybridized carbons (Fsp3) is 0.0476. The molecule has 0 aliphatic carbocycles. The van der Waals surface area contributed by atoms with Gasteiger partial charge >= 0.3 is 0 Å². The molecule has 6 heteroatoms. The molecule has 0 spiro atoms. The van der Waals surface area contributed by atoms with E-state index in [1.165, 1.54) is 18.7 Å². The Bertz CT molecular complexity index is 1140. The molecule has 3 aromatic heterocycles. The van der Waals surface area contributed by atoms with Crippen LogP contribution in [0.5, 0.6) is 5.75 Å². The highest BCUT2D eigenvalue weighted by Crippen LogP contribution is 2.42. The van der Waals surface area contributed by atoms with Crippen molar-refractivity contribution >= 4 is 12.1 Å². The van der Waals surface area contributed by atoms with Crippen LogP contribution in [-0.2, 0) is 0 Å². The van der Waals surface area contributed by atoms with Crippen LogP contribution < -0.4 is 0 Å². The molecule has 27 heavy (non-hydrogen) atoms. The van der Waals surface area contributed by atoms with Crippen LogP contribution in [-0.4, -0.2) is 11.3 Å². The summed E-state index contributed by atoms with van der Waals surface area (Å²) in [6.45, 7) is 1.91. The fourth-order valence-electron chi connectivity index (χ4n) is 2.76. The number of rotatable bonds is 4. The minimum Gasteiger partial charge on any atom is -0.507 e. The molecule has 0 bridgehead atoms. The molecule has 1 aromatic carbocycles. The van der Waals surface area contributed by atoms with Crippen LogP contribution in [0.1, 0.15) is 16.7 Å². The second-order valence-corrected chi connectivity index (χ2v) is 5.87. The summed E-state index contributed by atoms with van der Waals surface area (Å²) in [5.41, 5.74) is 2.19. The van der Waals surface area contributed by atoms with Gasteiger partial charge in [-0.05, 0) is 43.3 Å². The Balaban J connectivity index is 1.87. The number of aryl methyl sites for hydroxylation is 1. The lowest BCUT2D eigenvalue weighted by molar-refractivity contribution is 0.474. The van der Waals surface area contributed by atoms with E-state index in [9.17, 15) is 10.4 Å². The predicted molar refractivity (Wildman–Crippen MR) is 98.9 cm³/mol. The molecule has 0 saturated heterocycles. The van der Waals surface area contributed by atoms with Gasteiger partial charge in [0.05, 0.1) is 18.1 Å². The molecule has 4 aromatic rings. The van der Waals surface area contributed by atoms with E-state index in [1.807, 2.05) is 6.92 Å². The van der Waals surface area contributed by atoms with Crippen LogP contribution in [0.3, 0.4) is 0 Å². The van der Waals surface area contributed by atoms with E-state index < -0.39 is 0 Å². The standard InChI is InChI=1S/C21H14N2O4/c1-13-6-7-16(24)14(10-13)12-23-21-15(11-22)19(17-4-2-8-25-17)20(27-21)18-5-3-9-26-18/h2-10,12,24H,1H3. The van der Waals surface area contributed by atoms with Crippen molar-refractivity contribution in [1.82, 2.24) is 0 Å². The van der Waals surface area contributed by atoms with Gasteiger partial charge in [0.1, 0.15) is 23.1 Å². The summed E-state index contributed by atoms with van der Waals surface area (Å²) in [4.78, 5) is 4.29. The van der Waals surface area contributed by atoms with Crippen molar-refractivity contribution in [3.63, 3.8) is 0 Å². The van der Waals surface area contributed by atoms with Gasteiger partial charge in [-0.25, -0.2) is 4.99 Å². The summed E-state index contributed by atoms with van der Waals surface area (Å²) in [5.74, 6) is 1.48. The average Bonchev–Trinajstić information content (AvgIpc) is 3.41. The maximum Gasteiger partial charge on any atom is 0.238 e. The molecule has 0 radical (unpaired) electrons. The molecule has 132 valence electrons. The first kappa shape index (κ1) is 16.5. The number of benzene rings is 1. The van der Waals surface area contributed by atoms with Crippen molar-refractivity contribution in [3.8, 4) is 34.7 Å². The van der Waals surface area contributed by atoms with Gasteiger partial charge in [-0.3, -0.25) is 0 Å². The highest BCUT2D eigenvalue weighted by atomic mass is 16.4. The Kier molecular flexibility index (Phi) is 4.11. The number of phenolic OH excluding ortho intramolecular Hbond substituents is 1. The maximum atomic E-state index is 9.98. The van der Waals surface area contributed by atoms with Crippen LogP contribution in [0.25, 0.3) is 22.8 Å².